The highest BCUT2D eigenvalue weighted by Gasteiger charge is 2.19. The fourth-order valence-electron chi connectivity index (χ4n) is 2.73. The molecule has 1 saturated carbocycles. The van der Waals surface area contributed by atoms with Gasteiger partial charge < -0.3 is 9.88 Å². The first-order chi connectivity index (χ1) is 9.24. The van der Waals surface area contributed by atoms with Gasteiger partial charge in [0, 0.05) is 18.4 Å². The molecule has 4 heteroatoms. The van der Waals surface area contributed by atoms with Crippen LogP contribution >= 0.6 is 11.6 Å². The molecule has 100 valence electrons. The minimum absolute atomic E-state index is 0.578. The number of imidazole rings is 1. The molecular formula is C15H18ClN3. The van der Waals surface area contributed by atoms with Crippen LogP contribution in [0.15, 0.2) is 30.6 Å². The number of halogens is 1. The maximum Gasteiger partial charge on any atom is 0.207 e. The van der Waals surface area contributed by atoms with Crippen LogP contribution in [-0.2, 0) is 0 Å². The van der Waals surface area contributed by atoms with E-state index >= 15 is 0 Å². The van der Waals surface area contributed by atoms with Gasteiger partial charge in [-0.15, -0.1) is 0 Å². The van der Waals surface area contributed by atoms with E-state index < -0.39 is 0 Å². The van der Waals surface area contributed by atoms with E-state index in [0.717, 1.165) is 22.2 Å². The summed E-state index contributed by atoms with van der Waals surface area (Å²) in [7, 11) is 0. The van der Waals surface area contributed by atoms with E-state index in [1.807, 2.05) is 25.3 Å². The summed E-state index contributed by atoms with van der Waals surface area (Å²) in [6, 6.07) is 6.60. The van der Waals surface area contributed by atoms with E-state index in [2.05, 4.69) is 27.1 Å². The lowest BCUT2D eigenvalue weighted by atomic mass is 10.2. The normalized spacial score (nSPS) is 15.9. The number of aryl methyl sites for hydroxylation is 1. The lowest BCUT2D eigenvalue weighted by Crippen LogP contribution is -2.08. The van der Waals surface area contributed by atoms with Crippen molar-refractivity contribution in [3.05, 3.63) is 41.2 Å². The molecule has 1 aliphatic carbocycles. The van der Waals surface area contributed by atoms with Crippen LogP contribution in [0.4, 0.5) is 11.6 Å². The van der Waals surface area contributed by atoms with Gasteiger partial charge in [-0.2, -0.15) is 0 Å². The van der Waals surface area contributed by atoms with Crippen LogP contribution in [0.3, 0.4) is 0 Å². The van der Waals surface area contributed by atoms with Gasteiger partial charge in [-0.25, -0.2) is 4.98 Å². The van der Waals surface area contributed by atoms with Crippen LogP contribution in [0.1, 0.15) is 37.3 Å². The van der Waals surface area contributed by atoms with Gasteiger partial charge in [0.1, 0.15) is 0 Å². The fraction of sp³-hybridized carbons (Fsp3) is 0.400. The average molecular weight is 276 g/mol. The quantitative estimate of drug-likeness (QED) is 0.880. The van der Waals surface area contributed by atoms with E-state index in [9.17, 15) is 0 Å². The summed E-state index contributed by atoms with van der Waals surface area (Å²) in [5, 5.41) is 4.08. The van der Waals surface area contributed by atoms with E-state index in [4.69, 9.17) is 11.6 Å². The number of nitrogens with one attached hydrogen (secondary N) is 1. The number of aromatic nitrogens is 2. The molecule has 0 amide bonds. The summed E-state index contributed by atoms with van der Waals surface area (Å²) in [6.07, 6.45) is 9.02. The molecule has 3 rings (SSSR count). The lowest BCUT2D eigenvalue weighted by Gasteiger charge is -2.16. The highest BCUT2D eigenvalue weighted by molar-refractivity contribution is 6.33. The van der Waals surface area contributed by atoms with E-state index in [1.165, 1.54) is 25.7 Å². The smallest absolute Gasteiger partial charge is 0.207 e. The predicted molar refractivity (Wildman–Crippen MR) is 79.2 cm³/mol. The highest BCUT2D eigenvalue weighted by Crippen LogP contribution is 2.33. The van der Waals surface area contributed by atoms with Crippen molar-refractivity contribution < 1.29 is 0 Å². The third kappa shape index (κ3) is 2.61. The van der Waals surface area contributed by atoms with Gasteiger partial charge in [0.25, 0.3) is 0 Å². The van der Waals surface area contributed by atoms with Crippen molar-refractivity contribution in [3.8, 4) is 0 Å². The third-order valence-electron chi connectivity index (χ3n) is 3.76. The molecule has 1 heterocycles. The highest BCUT2D eigenvalue weighted by atomic mass is 35.5. The summed E-state index contributed by atoms with van der Waals surface area (Å²) >= 11 is 6.26. The molecule has 1 fully saturated rings. The van der Waals surface area contributed by atoms with Crippen LogP contribution < -0.4 is 5.32 Å². The van der Waals surface area contributed by atoms with Crippen molar-refractivity contribution in [1.29, 1.82) is 0 Å². The van der Waals surface area contributed by atoms with Gasteiger partial charge >= 0.3 is 0 Å². The molecule has 0 atom stereocenters. The number of rotatable bonds is 3. The van der Waals surface area contributed by atoms with Gasteiger partial charge in [-0.3, -0.25) is 0 Å². The van der Waals surface area contributed by atoms with E-state index in [0.29, 0.717) is 6.04 Å². The zero-order valence-corrected chi connectivity index (χ0v) is 11.8. The molecule has 1 aliphatic rings. The Morgan fingerprint density at radius 1 is 1.32 bits per heavy atom. The molecule has 0 aliphatic heterocycles. The molecule has 3 nitrogen and oxygen atoms in total. The molecule has 0 bridgehead atoms. The standard InChI is InChI=1S/C15H18ClN3/c1-11-6-7-14(13(16)10-11)18-15-17-8-9-19(15)12-4-2-3-5-12/h6-10,12H,2-5H2,1H3,(H,17,18). The lowest BCUT2D eigenvalue weighted by molar-refractivity contribution is 0.525. The number of hydrogen-bond acceptors (Lipinski definition) is 2. The first-order valence-corrected chi connectivity index (χ1v) is 7.18. The zero-order valence-electron chi connectivity index (χ0n) is 11.1. The largest absolute Gasteiger partial charge is 0.324 e. The van der Waals surface area contributed by atoms with Gasteiger partial charge in [0.2, 0.25) is 5.95 Å². The maximum absolute atomic E-state index is 6.26. The number of hydrogen-bond donors (Lipinski definition) is 1. The summed E-state index contributed by atoms with van der Waals surface area (Å²) < 4.78 is 2.24. The van der Waals surface area contributed by atoms with Gasteiger partial charge in [-0.05, 0) is 37.5 Å². The maximum atomic E-state index is 6.26. The molecule has 19 heavy (non-hydrogen) atoms. The molecular weight excluding hydrogens is 258 g/mol. The molecule has 1 aromatic heterocycles. The Kier molecular flexibility index (Phi) is 3.47. The predicted octanol–water partition coefficient (Wildman–Crippen LogP) is 4.70. The number of benzene rings is 1. The summed E-state index contributed by atoms with van der Waals surface area (Å²) in [6.45, 7) is 2.04. The Morgan fingerprint density at radius 2 is 2.11 bits per heavy atom. The molecule has 1 aromatic carbocycles. The Hall–Kier alpha value is -1.48. The first kappa shape index (κ1) is 12.5. The van der Waals surface area contributed by atoms with Crippen LogP contribution in [0, 0.1) is 6.92 Å². The van der Waals surface area contributed by atoms with Crippen molar-refractivity contribution in [1.82, 2.24) is 9.55 Å². The van der Waals surface area contributed by atoms with Gasteiger partial charge in [0.05, 0.1) is 10.7 Å². The zero-order chi connectivity index (χ0) is 13.2. The van der Waals surface area contributed by atoms with Crippen molar-refractivity contribution in [2.75, 3.05) is 5.32 Å². The monoisotopic (exact) mass is 275 g/mol. The van der Waals surface area contributed by atoms with Crippen molar-refractivity contribution >= 4 is 23.2 Å². The van der Waals surface area contributed by atoms with Crippen molar-refractivity contribution in [2.45, 2.75) is 38.6 Å². The second-order valence-corrected chi connectivity index (χ2v) is 5.61. The minimum Gasteiger partial charge on any atom is -0.324 e. The first-order valence-electron chi connectivity index (χ1n) is 6.80. The van der Waals surface area contributed by atoms with Crippen LogP contribution in [0.2, 0.25) is 5.02 Å². The molecule has 0 unspecified atom stereocenters. The Morgan fingerprint density at radius 3 is 2.84 bits per heavy atom. The Bertz CT molecular complexity index is 571. The Balaban J connectivity index is 1.85. The van der Waals surface area contributed by atoms with Crippen LogP contribution in [-0.4, -0.2) is 9.55 Å². The molecule has 0 saturated heterocycles. The van der Waals surface area contributed by atoms with E-state index in [1.54, 1.807) is 0 Å². The summed E-state index contributed by atoms with van der Waals surface area (Å²) in [4.78, 5) is 4.41. The Labute approximate surface area is 118 Å². The molecule has 0 radical (unpaired) electrons. The number of anilines is 2. The van der Waals surface area contributed by atoms with Gasteiger partial charge in [-0.1, -0.05) is 30.5 Å². The van der Waals surface area contributed by atoms with E-state index in [-0.39, 0.29) is 0 Å². The third-order valence-corrected chi connectivity index (χ3v) is 4.07. The van der Waals surface area contributed by atoms with Gasteiger partial charge in [0.15, 0.2) is 0 Å². The fourth-order valence-corrected chi connectivity index (χ4v) is 3.01. The van der Waals surface area contributed by atoms with Crippen LogP contribution in [0.5, 0.6) is 0 Å². The SMILES string of the molecule is Cc1ccc(Nc2nccn2C2CCCC2)c(Cl)c1. The molecule has 2 aromatic rings. The second-order valence-electron chi connectivity index (χ2n) is 5.20. The second kappa shape index (κ2) is 5.25. The number of nitrogens with zero attached hydrogens (tertiary/aromatic N) is 2. The topological polar surface area (TPSA) is 29.9 Å². The van der Waals surface area contributed by atoms with Crippen molar-refractivity contribution in [3.63, 3.8) is 0 Å². The average Bonchev–Trinajstić information content (AvgIpc) is 3.03. The minimum atomic E-state index is 0.578. The molecule has 0 spiro atoms. The summed E-state index contributed by atoms with van der Waals surface area (Å²) in [5.41, 5.74) is 2.08. The van der Waals surface area contributed by atoms with Crippen molar-refractivity contribution in [2.24, 2.45) is 0 Å². The van der Waals surface area contributed by atoms with Crippen LogP contribution in [0.25, 0.3) is 0 Å². The molecule has 1 N–H and O–H groups in total. The summed E-state index contributed by atoms with van der Waals surface area (Å²) in [5.74, 6) is 0.887.